The number of rotatable bonds is 4. The monoisotopic (exact) mass is 456 g/mol. The maximum atomic E-state index is 13.3. The second kappa shape index (κ2) is 8.26. The van der Waals surface area contributed by atoms with Gasteiger partial charge in [0.15, 0.2) is 11.5 Å². The fourth-order valence-electron chi connectivity index (χ4n) is 4.37. The summed E-state index contributed by atoms with van der Waals surface area (Å²) in [7, 11) is 3.86. The van der Waals surface area contributed by atoms with Crippen molar-refractivity contribution in [3.8, 4) is 11.5 Å². The van der Waals surface area contributed by atoms with Gasteiger partial charge in [-0.3, -0.25) is 14.5 Å². The Morgan fingerprint density at radius 2 is 1.71 bits per heavy atom. The van der Waals surface area contributed by atoms with Crippen LogP contribution in [-0.2, 0) is 9.59 Å². The maximum Gasteiger partial charge on any atom is 0.300 e. The molecule has 5 rings (SSSR count). The molecule has 2 aliphatic rings. The van der Waals surface area contributed by atoms with Gasteiger partial charge in [0.05, 0.1) is 11.6 Å². The van der Waals surface area contributed by atoms with Gasteiger partial charge >= 0.3 is 0 Å². The van der Waals surface area contributed by atoms with Crippen LogP contribution in [0.1, 0.15) is 22.7 Å². The molecule has 0 saturated carbocycles. The molecule has 0 aliphatic carbocycles. The molecule has 3 aromatic rings. The van der Waals surface area contributed by atoms with Crippen LogP contribution in [0.2, 0.25) is 0 Å². The zero-order valence-corrected chi connectivity index (χ0v) is 19.1. The van der Waals surface area contributed by atoms with Crippen LogP contribution >= 0.6 is 0 Å². The lowest BCUT2D eigenvalue weighted by Crippen LogP contribution is -2.29. The Balaban J connectivity index is 1.68. The van der Waals surface area contributed by atoms with Crippen molar-refractivity contribution in [2.45, 2.75) is 13.0 Å². The Kier molecular flexibility index (Phi) is 5.24. The number of aryl methyl sites for hydroxylation is 1. The first kappa shape index (κ1) is 21.6. The van der Waals surface area contributed by atoms with E-state index in [1.807, 2.05) is 74.4 Å². The number of hydrogen-bond acceptors (Lipinski definition) is 6. The molecule has 1 N–H and O–H groups in total. The van der Waals surface area contributed by atoms with E-state index in [-0.39, 0.29) is 18.1 Å². The maximum absolute atomic E-state index is 13.3. The Bertz CT molecular complexity index is 1330. The summed E-state index contributed by atoms with van der Waals surface area (Å²) >= 11 is 0. The molecule has 1 atom stereocenters. The molecular weight excluding hydrogens is 432 g/mol. The van der Waals surface area contributed by atoms with E-state index in [0.717, 1.165) is 16.8 Å². The molecule has 172 valence electrons. The van der Waals surface area contributed by atoms with E-state index in [9.17, 15) is 14.7 Å². The number of amides is 1. The van der Waals surface area contributed by atoms with E-state index in [2.05, 4.69) is 0 Å². The van der Waals surface area contributed by atoms with E-state index in [4.69, 9.17) is 9.47 Å². The van der Waals surface area contributed by atoms with Gasteiger partial charge in [0.1, 0.15) is 5.76 Å². The van der Waals surface area contributed by atoms with Gasteiger partial charge in [0, 0.05) is 31.0 Å². The van der Waals surface area contributed by atoms with Crippen LogP contribution in [0.3, 0.4) is 0 Å². The van der Waals surface area contributed by atoms with E-state index in [0.29, 0.717) is 22.7 Å². The van der Waals surface area contributed by atoms with Crippen molar-refractivity contribution >= 4 is 28.8 Å². The number of carbonyl (C=O) groups is 2. The normalized spacial score (nSPS) is 18.4. The molecule has 1 fully saturated rings. The van der Waals surface area contributed by atoms with E-state index in [1.54, 1.807) is 18.2 Å². The number of ketones is 1. The fourth-order valence-corrected chi connectivity index (χ4v) is 4.37. The Hall–Kier alpha value is -4.26. The molecule has 0 radical (unpaired) electrons. The van der Waals surface area contributed by atoms with Gasteiger partial charge in [-0.2, -0.15) is 0 Å². The average molecular weight is 456 g/mol. The number of carbonyl (C=O) groups excluding carboxylic acids is 2. The zero-order valence-electron chi connectivity index (χ0n) is 19.1. The first-order valence-corrected chi connectivity index (χ1v) is 10.9. The highest BCUT2D eigenvalue weighted by Crippen LogP contribution is 2.43. The summed E-state index contributed by atoms with van der Waals surface area (Å²) in [4.78, 5) is 30.0. The van der Waals surface area contributed by atoms with E-state index >= 15 is 0 Å². The number of aliphatic hydroxyl groups excluding tert-OH is 1. The predicted molar refractivity (Wildman–Crippen MR) is 129 cm³/mol. The van der Waals surface area contributed by atoms with Crippen LogP contribution in [0.15, 0.2) is 72.3 Å². The number of anilines is 2. The molecule has 34 heavy (non-hydrogen) atoms. The number of hydrogen-bond donors (Lipinski definition) is 1. The molecule has 7 nitrogen and oxygen atoms in total. The third-order valence-corrected chi connectivity index (χ3v) is 6.09. The molecule has 7 heteroatoms. The van der Waals surface area contributed by atoms with Crippen LogP contribution in [0.25, 0.3) is 5.76 Å². The molecule has 1 amide bonds. The molecular formula is C27H24N2O5. The summed E-state index contributed by atoms with van der Waals surface area (Å²) in [6, 6.07) is 19.2. The van der Waals surface area contributed by atoms with Crippen molar-refractivity contribution in [2.75, 3.05) is 30.7 Å². The fraction of sp³-hybridized carbons (Fsp3) is 0.185. The minimum absolute atomic E-state index is 0.0335. The van der Waals surface area contributed by atoms with Gasteiger partial charge in [0.25, 0.3) is 11.7 Å². The number of nitrogens with zero attached hydrogens (tertiary/aromatic N) is 2. The Morgan fingerprint density at radius 1 is 0.971 bits per heavy atom. The van der Waals surface area contributed by atoms with Gasteiger partial charge in [-0.15, -0.1) is 0 Å². The summed E-state index contributed by atoms with van der Waals surface area (Å²) in [6.45, 7) is 2.04. The predicted octanol–water partition coefficient (Wildman–Crippen LogP) is 4.42. The van der Waals surface area contributed by atoms with Crippen LogP contribution in [0.5, 0.6) is 11.5 Å². The summed E-state index contributed by atoms with van der Waals surface area (Å²) in [5.74, 6) is -0.641. The van der Waals surface area contributed by atoms with E-state index in [1.165, 1.54) is 4.90 Å². The van der Waals surface area contributed by atoms with Gasteiger partial charge < -0.3 is 19.5 Å². The molecule has 2 aliphatic heterocycles. The standard InChI is InChI=1S/C27H24N2O5/c1-16-5-4-6-17(13-16)24-23(25(30)18-7-12-21-22(14-18)34-15-33-21)26(31)27(32)29(24)20-10-8-19(9-11-20)28(2)3/h4-14,24,30H,15H2,1-3H3/b25-23-. The summed E-state index contributed by atoms with van der Waals surface area (Å²) in [6.07, 6.45) is 0. The van der Waals surface area contributed by atoms with Crippen LogP contribution < -0.4 is 19.3 Å². The third-order valence-electron chi connectivity index (χ3n) is 6.09. The van der Waals surface area contributed by atoms with Gasteiger partial charge in [0.2, 0.25) is 6.79 Å². The van der Waals surface area contributed by atoms with Gasteiger partial charge in [-0.1, -0.05) is 29.8 Å². The zero-order chi connectivity index (χ0) is 24.0. The van der Waals surface area contributed by atoms with Crippen LogP contribution in [0, 0.1) is 6.92 Å². The van der Waals surface area contributed by atoms with Crippen molar-refractivity contribution in [1.82, 2.24) is 0 Å². The lowest BCUT2D eigenvalue weighted by Gasteiger charge is -2.26. The largest absolute Gasteiger partial charge is 0.507 e. The molecule has 1 saturated heterocycles. The smallest absolute Gasteiger partial charge is 0.300 e. The first-order valence-electron chi connectivity index (χ1n) is 10.9. The van der Waals surface area contributed by atoms with Crippen molar-refractivity contribution in [3.63, 3.8) is 0 Å². The second-order valence-electron chi connectivity index (χ2n) is 8.56. The number of Topliss-reactive ketones (excluding diaryl/α,β-unsaturated/α-hetero) is 1. The highest BCUT2D eigenvalue weighted by Gasteiger charge is 2.47. The number of aliphatic hydroxyl groups is 1. The number of benzene rings is 3. The van der Waals surface area contributed by atoms with Crippen LogP contribution in [-0.4, -0.2) is 37.7 Å². The van der Waals surface area contributed by atoms with Crippen molar-refractivity contribution in [3.05, 3.63) is 89.0 Å². The minimum Gasteiger partial charge on any atom is -0.507 e. The quantitative estimate of drug-likeness (QED) is 0.356. The Labute approximate surface area is 197 Å². The topological polar surface area (TPSA) is 79.3 Å². The SMILES string of the molecule is Cc1cccc(C2/C(=C(/O)c3ccc4c(c3)OCO4)C(=O)C(=O)N2c2ccc(N(C)C)cc2)c1. The molecule has 1 unspecified atom stereocenters. The molecule has 0 spiro atoms. The van der Waals surface area contributed by atoms with Crippen molar-refractivity contribution in [2.24, 2.45) is 0 Å². The van der Waals surface area contributed by atoms with Gasteiger partial charge in [-0.25, -0.2) is 0 Å². The van der Waals surface area contributed by atoms with Gasteiger partial charge in [-0.05, 0) is 55.0 Å². The summed E-state index contributed by atoms with van der Waals surface area (Å²) in [5.41, 5.74) is 3.66. The highest BCUT2D eigenvalue weighted by atomic mass is 16.7. The summed E-state index contributed by atoms with van der Waals surface area (Å²) in [5, 5.41) is 11.3. The Morgan fingerprint density at radius 3 is 2.41 bits per heavy atom. The lowest BCUT2D eigenvalue weighted by molar-refractivity contribution is -0.132. The highest BCUT2D eigenvalue weighted by molar-refractivity contribution is 6.51. The third kappa shape index (κ3) is 3.55. The van der Waals surface area contributed by atoms with E-state index < -0.39 is 17.7 Å². The lowest BCUT2D eigenvalue weighted by atomic mass is 9.94. The molecule has 2 heterocycles. The second-order valence-corrected chi connectivity index (χ2v) is 8.56. The first-order chi connectivity index (χ1) is 16.3. The number of fused-ring (bicyclic) bond motifs is 1. The minimum atomic E-state index is -0.782. The van der Waals surface area contributed by atoms with Crippen LogP contribution in [0.4, 0.5) is 11.4 Å². The number of ether oxygens (including phenoxy) is 2. The average Bonchev–Trinajstić information content (AvgIpc) is 3.40. The molecule has 3 aromatic carbocycles. The molecule has 0 bridgehead atoms. The van der Waals surface area contributed by atoms with Crippen molar-refractivity contribution in [1.29, 1.82) is 0 Å². The molecule has 0 aromatic heterocycles. The van der Waals surface area contributed by atoms with Crippen molar-refractivity contribution < 1.29 is 24.2 Å². The summed E-state index contributed by atoms with van der Waals surface area (Å²) < 4.78 is 10.8.